The van der Waals surface area contributed by atoms with Gasteiger partial charge in [0.15, 0.2) is 6.29 Å². The molecule has 0 bridgehead atoms. The Morgan fingerprint density at radius 1 is 1.08 bits per heavy atom. The molecule has 4 rings (SSSR count). The van der Waals surface area contributed by atoms with Crippen LogP contribution in [-0.4, -0.2) is 18.4 Å². The van der Waals surface area contributed by atoms with Gasteiger partial charge in [-0.15, -0.1) is 0 Å². The van der Waals surface area contributed by atoms with Crippen LogP contribution in [0.1, 0.15) is 40.5 Å². The van der Waals surface area contributed by atoms with Crippen molar-refractivity contribution in [2.75, 3.05) is 7.11 Å². The molecule has 0 fully saturated rings. The van der Waals surface area contributed by atoms with E-state index in [4.69, 9.17) is 9.72 Å². The van der Waals surface area contributed by atoms with Gasteiger partial charge in [-0.05, 0) is 59.7 Å². The van der Waals surface area contributed by atoms with Crippen LogP contribution in [0.5, 0.6) is 5.75 Å². The maximum atomic E-state index is 11.9. The van der Waals surface area contributed by atoms with Crippen LogP contribution in [0.3, 0.4) is 0 Å². The molecule has 130 valence electrons. The zero-order valence-corrected chi connectivity index (χ0v) is 15.0. The smallest absolute Gasteiger partial charge is 0.151 e. The molecule has 0 saturated heterocycles. The number of nitrogens with zero attached hydrogens (tertiary/aromatic N) is 1. The molecule has 0 radical (unpaired) electrons. The molecular weight excluding hydrogens is 322 g/mol. The number of carbonyl (C=O) groups excluding carboxylic acids is 1. The van der Waals surface area contributed by atoms with Gasteiger partial charge in [0.2, 0.25) is 0 Å². The molecule has 1 atom stereocenters. The molecule has 26 heavy (non-hydrogen) atoms. The first-order chi connectivity index (χ1) is 12.7. The Labute approximate surface area is 153 Å². The van der Waals surface area contributed by atoms with Gasteiger partial charge in [0.25, 0.3) is 0 Å². The summed E-state index contributed by atoms with van der Waals surface area (Å²) in [5.74, 6) is 1.32. The van der Waals surface area contributed by atoms with E-state index in [1.807, 2.05) is 48.5 Å². The van der Waals surface area contributed by atoms with Gasteiger partial charge in [0, 0.05) is 10.9 Å². The molecule has 2 aromatic carbocycles. The van der Waals surface area contributed by atoms with Crippen LogP contribution in [-0.2, 0) is 6.42 Å². The maximum absolute atomic E-state index is 11.9. The maximum Gasteiger partial charge on any atom is 0.151 e. The fourth-order valence-electron chi connectivity index (χ4n) is 3.81. The number of aldehydes is 1. The van der Waals surface area contributed by atoms with Crippen molar-refractivity contribution in [3.05, 3.63) is 70.9 Å². The minimum atomic E-state index is 0.480. The van der Waals surface area contributed by atoms with Crippen molar-refractivity contribution in [1.82, 2.24) is 4.98 Å². The Bertz CT molecular complexity index is 1000. The van der Waals surface area contributed by atoms with Crippen molar-refractivity contribution in [1.29, 1.82) is 0 Å². The lowest BCUT2D eigenvalue weighted by atomic mass is 9.81. The molecule has 1 aromatic heterocycles. The Kier molecular flexibility index (Phi) is 4.29. The van der Waals surface area contributed by atoms with E-state index in [1.165, 1.54) is 5.57 Å². The summed E-state index contributed by atoms with van der Waals surface area (Å²) in [7, 11) is 1.67. The Hall–Kier alpha value is -2.94. The number of hydrogen-bond donors (Lipinski definition) is 0. The van der Waals surface area contributed by atoms with Crippen LogP contribution < -0.4 is 4.74 Å². The van der Waals surface area contributed by atoms with Gasteiger partial charge in [0.05, 0.1) is 18.3 Å². The van der Waals surface area contributed by atoms with E-state index in [1.54, 1.807) is 7.11 Å². The van der Waals surface area contributed by atoms with Gasteiger partial charge in [0.1, 0.15) is 5.75 Å². The highest BCUT2D eigenvalue weighted by Crippen LogP contribution is 2.37. The summed E-state index contributed by atoms with van der Waals surface area (Å²) in [4.78, 5) is 16.8. The number of benzene rings is 2. The third-order valence-corrected chi connectivity index (χ3v) is 5.04. The highest BCUT2D eigenvalue weighted by molar-refractivity contribution is 6.00. The number of ether oxygens (including phenoxy) is 1. The molecule has 0 spiro atoms. The molecule has 1 heterocycles. The summed E-state index contributed by atoms with van der Waals surface area (Å²) in [6, 6.07) is 15.9. The number of methoxy groups -OCH3 is 1. The second kappa shape index (κ2) is 6.75. The SMILES string of the molecule is COc1ccc(/C=C2/C[C@@H](C)Cc3c2nc2ccccc2c3C=O)cc1. The Morgan fingerprint density at radius 2 is 1.85 bits per heavy atom. The molecule has 0 amide bonds. The van der Waals surface area contributed by atoms with Crippen molar-refractivity contribution in [2.45, 2.75) is 19.8 Å². The number of aromatic nitrogens is 1. The summed E-state index contributed by atoms with van der Waals surface area (Å²) in [6.07, 6.45) is 5.03. The number of para-hydroxylation sites is 1. The fourth-order valence-corrected chi connectivity index (χ4v) is 3.81. The topological polar surface area (TPSA) is 39.2 Å². The average Bonchev–Trinajstić information content (AvgIpc) is 2.67. The van der Waals surface area contributed by atoms with Gasteiger partial charge in [-0.1, -0.05) is 37.3 Å². The van der Waals surface area contributed by atoms with Crippen LogP contribution in [0.2, 0.25) is 0 Å². The van der Waals surface area contributed by atoms with Crippen molar-refractivity contribution < 1.29 is 9.53 Å². The van der Waals surface area contributed by atoms with Gasteiger partial charge in [-0.25, -0.2) is 4.98 Å². The molecule has 0 saturated carbocycles. The fraction of sp³-hybridized carbons (Fsp3) is 0.217. The monoisotopic (exact) mass is 343 g/mol. The summed E-state index contributed by atoms with van der Waals surface area (Å²) in [5, 5.41) is 0.944. The third-order valence-electron chi connectivity index (χ3n) is 5.04. The summed E-state index contributed by atoms with van der Waals surface area (Å²) < 4.78 is 5.24. The summed E-state index contributed by atoms with van der Waals surface area (Å²) >= 11 is 0. The zero-order valence-electron chi connectivity index (χ0n) is 15.0. The second-order valence-electron chi connectivity index (χ2n) is 6.94. The predicted molar refractivity (Wildman–Crippen MR) is 105 cm³/mol. The van der Waals surface area contributed by atoms with Crippen molar-refractivity contribution in [3.63, 3.8) is 0 Å². The van der Waals surface area contributed by atoms with Gasteiger partial charge in [-0.3, -0.25) is 4.79 Å². The zero-order chi connectivity index (χ0) is 18.1. The van der Waals surface area contributed by atoms with E-state index in [9.17, 15) is 4.79 Å². The number of rotatable bonds is 3. The second-order valence-corrected chi connectivity index (χ2v) is 6.94. The predicted octanol–water partition coefficient (Wildman–Crippen LogP) is 5.18. The van der Waals surface area contributed by atoms with Crippen molar-refractivity contribution in [2.24, 2.45) is 5.92 Å². The van der Waals surface area contributed by atoms with Crippen molar-refractivity contribution >= 4 is 28.8 Å². The van der Waals surface area contributed by atoms with Crippen molar-refractivity contribution in [3.8, 4) is 5.75 Å². The molecule has 1 aliphatic rings. The van der Waals surface area contributed by atoms with Gasteiger partial charge >= 0.3 is 0 Å². The Morgan fingerprint density at radius 3 is 2.58 bits per heavy atom. The number of fused-ring (bicyclic) bond motifs is 2. The van der Waals surface area contributed by atoms with E-state index in [0.717, 1.165) is 58.2 Å². The summed E-state index contributed by atoms with van der Waals surface area (Å²) in [5.41, 5.74) is 6.03. The first-order valence-corrected chi connectivity index (χ1v) is 8.91. The Balaban J connectivity index is 1.90. The van der Waals surface area contributed by atoms with E-state index in [-0.39, 0.29) is 0 Å². The average molecular weight is 343 g/mol. The lowest BCUT2D eigenvalue weighted by molar-refractivity contribution is 0.112. The first kappa shape index (κ1) is 16.5. The molecule has 3 nitrogen and oxygen atoms in total. The number of carbonyl (C=O) groups is 1. The van der Waals surface area contributed by atoms with Crippen LogP contribution in [0.15, 0.2) is 48.5 Å². The van der Waals surface area contributed by atoms with E-state index in [2.05, 4.69) is 13.0 Å². The van der Waals surface area contributed by atoms with Gasteiger partial charge < -0.3 is 4.74 Å². The van der Waals surface area contributed by atoms with E-state index < -0.39 is 0 Å². The van der Waals surface area contributed by atoms with Gasteiger partial charge in [-0.2, -0.15) is 0 Å². The van der Waals surface area contributed by atoms with E-state index >= 15 is 0 Å². The minimum Gasteiger partial charge on any atom is -0.497 e. The van der Waals surface area contributed by atoms with Crippen LogP contribution in [0.4, 0.5) is 0 Å². The molecular formula is C23H21NO2. The number of hydrogen-bond acceptors (Lipinski definition) is 3. The largest absolute Gasteiger partial charge is 0.497 e. The highest BCUT2D eigenvalue weighted by atomic mass is 16.5. The lowest BCUT2D eigenvalue weighted by Crippen LogP contribution is -2.15. The molecule has 1 aliphatic carbocycles. The molecule has 0 N–H and O–H groups in total. The minimum absolute atomic E-state index is 0.480. The van der Waals surface area contributed by atoms with Crippen LogP contribution >= 0.6 is 0 Å². The lowest BCUT2D eigenvalue weighted by Gasteiger charge is -2.25. The first-order valence-electron chi connectivity index (χ1n) is 8.91. The quantitative estimate of drug-likeness (QED) is 0.615. The molecule has 0 unspecified atom stereocenters. The molecule has 3 heteroatoms. The summed E-state index contributed by atoms with van der Waals surface area (Å²) in [6.45, 7) is 2.23. The number of pyridine rings is 1. The molecule has 3 aromatic rings. The highest BCUT2D eigenvalue weighted by Gasteiger charge is 2.25. The van der Waals surface area contributed by atoms with E-state index in [0.29, 0.717) is 5.92 Å². The molecule has 0 aliphatic heterocycles. The van der Waals surface area contributed by atoms with Crippen LogP contribution in [0, 0.1) is 5.92 Å². The number of allylic oxidation sites excluding steroid dienone is 1. The normalized spacial score (nSPS) is 17.9. The standard InChI is InChI=1S/C23H21NO2/c1-15-11-17(13-16-7-9-18(26-2)10-8-16)23-20(12-15)21(14-25)19-5-3-4-6-22(19)24-23/h3-10,13-15H,11-12H2,1-2H3/b17-13-/t15-/m1/s1. The third kappa shape index (κ3) is 2.90. The van der Waals surface area contributed by atoms with Crippen LogP contribution in [0.25, 0.3) is 22.6 Å².